The Hall–Kier alpha value is -2.13. The van der Waals surface area contributed by atoms with Crippen molar-refractivity contribution in [2.45, 2.75) is 19.0 Å². The number of aromatic nitrogens is 1. The number of fused-ring (bicyclic) bond motifs is 1. The Morgan fingerprint density at radius 2 is 2.08 bits per heavy atom. The number of halogens is 3. The molecule has 1 saturated carbocycles. The van der Waals surface area contributed by atoms with Crippen LogP contribution in [0, 0.1) is 11.7 Å². The number of aliphatic hydroxyl groups excluding tert-OH is 1. The maximum Gasteiger partial charge on any atom is 0.253 e. The second kappa shape index (κ2) is 5.95. The molecule has 26 heavy (non-hydrogen) atoms. The zero-order valence-electron chi connectivity index (χ0n) is 13.8. The van der Waals surface area contributed by atoms with E-state index >= 15 is 0 Å². The third kappa shape index (κ3) is 2.66. The van der Waals surface area contributed by atoms with E-state index in [2.05, 4.69) is 4.98 Å². The average Bonchev–Trinajstić information content (AvgIpc) is 3.16. The van der Waals surface area contributed by atoms with Gasteiger partial charge in [-0.2, -0.15) is 0 Å². The smallest absolute Gasteiger partial charge is 0.253 e. The van der Waals surface area contributed by atoms with Crippen LogP contribution < -0.4 is 8.61 Å². The Morgan fingerprint density at radius 1 is 1.35 bits per heavy atom. The average molecular weight is 383 g/mol. The van der Waals surface area contributed by atoms with Gasteiger partial charge in [0.15, 0.2) is 5.82 Å². The van der Waals surface area contributed by atoms with Gasteiger partial charge in [0, 0.05) is 37.1 Å². The Labute approximate surface area is 150 Å². The highest BCUT2D eigenvalue weighted by atomic mass is 32.2. The van der Waals surface area contributed by atoms with Gasteiger partial charge in [0.25, 0.3) is 5.92 Å². The quantitative estimate of drug-likeness (QED) is 0.883. The first-order valence-corrected chi connectivity index (χ1v) is 9.10. The molecule has 2 aliphatic rings. The zero-order chi connectivity index (χ0) is 18.6. The van der Waals surface area contributed by atoms with E-state index in [0.717, 1.165) is 0 Å². The highest BCUT2D eigenvalue weighted by Gasteiger charge is 2.58. The van der Waals surface area contributed by atoms with Gasteiger partial charge in [-0.15, -0.1) is 0 Å². The first-order chi connectivity index (χ1) is 12.3. The molecule has 0 radical (unpaired) electrons. The second-order valence-corrected chi connectivity index (χ2v) is 7.88. The maximum absolute atomic E-state index is 14.5. The van der Waals surface area contributed by atoms with Crippen molar-refractivity contribution in [1.82, 2.24) is 4.98 Å². The van der Waals surface area contributed by atoms with Gasteiger partial charge in [-0.05, 0) is 18.2 Å². The molecular formula is C17H16F3N3O2S. The lowest BCUT2D eigenvalue weighted by molar-refractivity contribution is 0.101. The number of hydrogen-bond donors (Lipinski definition) is 1. The Morgan fingerprint density at radius 3 is 2.73 bits per heavy atom. The summed E-state index contributed by atoms with van der Waals surface area (Å²) in [5.74, 6) is -3.74. The van der Waals surface area contributed by atoms with Gasteiger partial charge >= 0.3 is 0 Å². The minimum absolute atomic E-state index is 0.0215. The molecule has 4 rings (SSSR count). The lowest BCUT2D eigenvalue weighted by Gasteiger charge is -2.16. The van der Waals surface area contributed by atoms with Crippen LogP contribution in [0.1, 0.15) is 12.0 Å². The lowest BCUT2D eigenvalue weighted by Crippen LogP contribution is -2.31. The summed E-state index contributed by atoms with van der Waals surface area (Å²) < 4.78 is 56.2. The third-order valence-electron chi connectivity index (χ3n) is 4.71. The topological polar surface area (TPSA) is 56.7 Å². The van der Waals surface area contributed by atoms with Gasteiger partial charge in [-0.1, -0.05) is 12.1 Å². The van der Waals surface area contributed by atoms with E-state index in [-0.39, 0.29) is 24.1 Å². The first-order valence-electron chi connectivity index (χ1n) is 8.04. The third-order valence-corrected chi connectivity index (χ3v) is 6.08. The van der Waals surface area contributed by atoms with Crippen molar-refractivity contribution in [3.05, 3.63) is 41.7 Å². The van der Waals surface area contributed by atoms with Gasteiger partial charge < -0.3 is 5.11 Å². The molecule has 1 aliphatic carbocycles. The minimum Gasteiger partial charge on any atom is -0.392 e. The SMILES string of the molecule is CN1c2nc(-c3cccc(CO)c3F)ccc2N(CC2CC2(F)F)S1=O. The van der Waals surface area contributed by atoms with Crippen LogP contribution >= 0.6 is 0 Å². The zero-order valence-corrected chi connectivity index (χ0v) is 14.6. The molecule has 138 valence electrons. The van der Waals surface area contributed by atoms with Crippen molar-refractivity contribution in [1.29, 1.82) is 0 Å². The highest BCUT2D eigenvalue weighted by molar-refractivity contribution is 7.88. The molecule has 2 unspecified atom stereocenters. The summed E-state index contributed by atoms with van der Waals surface area (Å²) in [6, 6.07) is 7.81. The number of pyridine rings is 1. The van der Waals surface area contributed by atoms with E-state index in [1.165, 1.54) is 20.7 Å². The van der Waals surface area contributed by atoms with Crippen LogP contribution in [0.4, 0.5) is 24.7 Å². The largest absolute Gasteiger partial charge is 0.392 e. The molecule has 5 nitrogen and oxygen atoms in total. The number of benzene rings is 1. The number of hydrogen-bond acceptors (Lipinski definition) is 3. The predicted molar refractivity (Wildman–Crippen MR) is 92.5 cm³/mol. The molecule has 1 aromatic carbocycles. The van der Waals surface area contributed by atoms with Crippen LogP contribution in [-0.4, -0.2) is 33.8 Å². The molecule has 0 spiro atoms. The second-order valence-electron chi connectivity index (χ2n) is 6.43. The van der Waals surface area contributed by atoms with E-state index < -0.39 is 35.4 Å². The van der Waals surface area contributed by atoms with Crippen molar-refractivity contribution in [2.75, 3.05) is 22.2 Å². The van der Waals surface area contributed by atoms with Crippen molar-refractivity contribution >= 4 is 22.7 Å². The number of anilines is 2. The number of rotatable bonds is 4. The standard InChI is InChI=1S/C17H16F3N3O2S/c1-22-16-14(23(26(22)25)8-11-7-17(11,19)20)6-5-13(21-16)12-4-2-3-10(9-24)15(12)18/h2-6,11,24H,7-9H2,1H3. The molecule has 0 saturated heterocycles. The molecule has 1 fully saturated rings. The summed E-state index contributed by atoms with van der Waals surface area (Å²) in [4.78, 5) is 4.39. The molecule has 1 aromatic heterocycles. The monoisotopic (exact) mass is 383 g/mol. The van der Waals surface area contributed by atoms with Crippen LogP contribution in [-0.2, 0) is 17.8 Å². The summed E-state index contributed by atoms with van der Waals surface area (Å²) in [7, 11) is 1.55. The van der Waals surface area contributed by atoms with Gasteiger partial charge in [0.2, 0.25) is 11.2 Å². The van der Waals surface area contributed by atoms with Crippen LogP contribution in [0.3, 0.4) is 0 Å². The van der Waals surface area contributed by atoms with Crippen LogP contribution in [0.5, 0.6) is 0 Å². The maximum atomic E-state index is 14.5. The van der Waals surface area contributed by atoms with Gasteiger partial charge in [0.05, 0.1) is 18.0 Å². The van der Waals surface area contributed by atoms with Crippen LogP contribution in [0.25, 0.3) is 11.3 Å². The summed E-state index contributed by atoms with van der Waals surface area (Å²) in [6.45, 7) is -0.454. The molecule has 2 atom stereocenters. The normalized spacial score (nSPS) is 23.3. The van der Waals surface area contributed by atoms with Crippen LogP contribution in [0.15, 0.2) is 30.3 Å². The number of aliphatic hydroxyl groups is 1. The predicted octanol–water partition coefficient (Wildman–Crippen LogP) is 2.87. The molecule has 9 heteroatoms. The van der Waals surface area contributed by atoms with Crippen molar-refractivity contribution < 1.29 is 22.5 Å². The van der Waals surface area contributed by atoms with E-state index in [0.29, 0.717) is 17.2 Å². The fourth-order valence-corrected chi connectivity index (χ4v) is 4.25. The summed E-state index contributed by atoms with van der Waals surface area (Å²) in [5.41, 5.74) is 1.17. The van der Waals surface area contributed by atoms with Crippen molar-refractivity contribution in [3.63, 3.8) is 0 Å². The Bertz CT molecular complexity index is 909. The molecule has 1 aliphatic heterocycles. The van der Waals surface area contributed by atoms with Crippen molar-refractivity contribution in [3.8, 4) is 11.3 Å². The van der Waals surface area contributed by atoms with Crippen molar-refractivity contribution in [2.24, 2.45) is 5.92 Å². The molecular weight excluding hydrogens is 367 g/mol. The Kier molecular flexibility index (Phi) is 3.96. The molecule has 1 N–H and O–H groups in total. The number of alkyl halides is 2. The molecule has 2 heterocycles. The fourth-order valence-electron chi connectivity index (χ4n) is 3.05. The Balaban J connectivity index is 1.70. The lowest BCUT2D eigenvalue weighted by atomic mass is 10.1. The molecule has 2 aromatic rings. The summed E-state index contributed by atoms with van der Waals surface area (Å²) in [6.07, 6.45) is -0.204. The highest BCUT2D eigenvalue weighted by Crippen LogP contribution is 2.51. The summed E-state index contributed by atoms with van der Waals surface area (Å²) >= 11 is -1.65. The fraction of sp³-hybridized carbons (Fsp3) is 0.353. The van der Waals surface area contributed by atoms with Crippen LogP contribution in [0.2, 0.25) is 0 Å². The van der Waals surface area contributed by atoms with Gasteiger partial charge in [-0.25, -0.2) is 22.4 Å². The van der Waals surface area contributed by atoms with E-state index in [4.69, 9.17) is 0 Å². The van der Waals surface area contributed by atoms with E-state index in [1.54, 1.807) is 25.2 Å². The van der Waals surface area contributed by atoms with E-state index in [9.17, 15) is 22.5 Å². The van der Waals surface area contributed by atoms with Gasteiger partial charge in [0.1, 0.15) is 5.82 Å². The summed E-state index contributed by atoms with van der Waals surface area (Å²) in [5, 5.41) is 9.21. The molecule has 0 amide bonds. The number of nitrogens with zero attached hydrogens (tertiary/aromatic N) is 3. The van der Waals surface area contributed by atoms with Gasteiger partial charge in [-0.3, -0.25) is 8.61 Å². The minimum atomic E-state index is -2.70. The molecule has 0 bridgehead atoms. The van der Waals surface area contributed by atoms with E-state index in [1.807, 2.05) is 0 Å². The first kappa shape index (κ1) is 17.3.